The van der Waals surface area contributed by atoms with Crippen LogP contribution in [0.25, 0.3) is 0 Å². The number of nitrogens with zero attached hydrogens (tertiary/aromatic N) is 3. The third kappa shape index (κ3) is 8.91. The van der Waals surface area contributed by atoms with Gasteiger partial charge < -0.3 is 52.5 Å². The van der Waals surface area contributed by atoms with Crippen LogP contribution >= 0.6 is 0 Å². The van der Waals surface area contributed by atoms with E-state index in [1.165, 1.54) is 22.6 Å². The summed E-state index contributed by atoms with van der Waals surface area (Å²) in [5.74, 6) is 1.18. The number of nitrogens with one attached hydrogen (secondary N) is 3. The fraction of sp³-hybridized carbons (Fsp3) is 0.706. The molecule has 44 heavy (non-hydrogen) atoms. The van der Waals surface area contributed by atoms with E-state index < -0.39 is 0 Å². The molecule has 0 fully saturated rings. The minimum absolute atomic E-state index is 0. The Morgan fingerprint density at radius 1 is 0.364 bits per heavy atom. The molecule has 0 bridgehead atoms. The summed E-state index contributed by atoms with van der Waals surface area (Å²) in [4.78, 5) is 0. The van der Waals surface area contributed by atoms with Gasteiger partial charge >= 0.3 is 21.7 Å². The van der Waals surface area contributed by atoms with Crippen molar-refractivity contribution in [3.8, 4) is 0 Å². The van der Waals surface area contributed by atoms with Gasteiger partial charge in [0, 0.05) is 34.2 Å². The maximum atomic E-state index is 5.05. The van der Waals surface area contributed by atoms with Gasteiger partial charge in [-0.15, -0.1) is 0 Å². The van der Waals surface area contributed by atoms with Crippen molar-refractivity contribution >= 4 is 0 Å². The number of aromatic nitrogens is 6. The fourth-order valence-corrected chi connectivity index (χ4v) is 5.39. The zero-order valence-electron chi connectivity index (χ0n) is 30.5. The van der Waals surface area contributed by atoms with Crippen LogP contribution in [0.15, 0.2) is 0 Å². The van der Waals surface area contributed by atoms with Crippen molar-refractivity contribution in [2.24, 2.45) is 0 Å². The second-order valence-electron chi connectivity index (χ2n) is 17.8. The van der Waals surface area contributed by atoms with Crippen molar-refractivity contribution in [1.82, 2.24) is 30.6 Å². The van der Waals surface area contributed by atoms with E-state index >= 15 is 0 Å². The standard InChI is InChI=1S/C34H57N6.3ClH.Ti/c1-29(2,3)23-20(24(36-35-23)30(4,5)6)19(21-25(31(7,8)9)37-38-26(21)32(10,11)12)22-27(33(13,14)15)39-40-28(22)34(16,17)18;;;;/h1-18H3,(H,35,36)(H,37,38)(H,39,40);3*1H;/q-1;;;;+4/p-3. The topological polar surface area (TPSA) is 86.0 Å². The Hall–Kier alpha value is -0.916. The van der Waals surface area contributed by atoms with Crippen molar-refractivity contribution in [2.75, 3.05) is 0 Å². The van der Waals surface area contributed by atoms with Gasteiger partial charge in [-0.3, -0.25) is 0 Å². The van der Waals surface area contributed by atoms with Gasteiger partial charge in [0.25, 0.3) is 0 Å². The summed E-state index contributed by atoms with van der Waals surface area (Å²) in [6.07, 6.45) is 0. The number of hydrogen-bond donors (Lipinski definition) is 3. The monoisotopic (exact) mass is 702 g/mol. The predicted octanol–water partition coefficient (Wildman–Crippen LogP) is -0.330. The molecule has 3 aromatic rings. The molecular weight excluding hydrogens is 647 g/mol. The van der Waals surface area contributed by atoms with Crippen LogP contribution in [0.1, 0.15) is 175 Å². The first kappa shape index (κ1) is 45.2. The van der Waals surface area contributed by atoms with Crippen LogP contribution in [0, 0.1) is 5.92 Å². The van der Waals surface area contributed by atoms with Gasteiger partial charge in [-0.05, 0) is 49.2 Å². The molecule has 0 radical (unpaired) electrons. The number of H-pyrrole nitrogens is 3. The SMILES string of the molecule is CC(C)(C)c1n[nH]c(C(C)(C)C)c1[C-](c1c(C(C)(C)C)n[nH]c1C(C)(C)C)c1c(C(C)(C)C)n[nH]c1C(C)(C)C.[Cl-].[Cl-].[Cl-].[Ti+4]. The molecule has 6 nitrogen and oxygen atoms in total. The molecule has 0 atom stereocenters. The minimum Gasteiger partial charge on any atom is -1.00 e. The smallest absolute Gasteiger partial charge is 1.00 e. The minimum atomic E-state index is -0.193. The van der Waals surface area contributed by atoms with E-state index in [4.69, 9.17) is 15.3 Å². The van der Waals surface area contributed by atoms with Gasteiger partial charge in [0.1, 0.15) is 0 Å². The first-order chi connectivity index (χ1) is 17.7. The molecule has 0 aliphatic carbocycles. The summed E-state index contributed by atoms with van der Waals surface area (Å²) in [6, 6.07) is 0. The number of rotatable bonds is 3. The number of hydrogen-bond acceptors (Lipinski definition) is 3. The van der Waals surface area contributed by atoms with E-state index in [2.05, 4.69) is 140 Å². The summed E-state index contributed by atoms with van der Waals surface area (Å²) < 4.78 is 0. The molecule has 0 aliphatic rings. The summed E-state index contributed by atoms with van der Waals surface area (Å²) in [7, 11) is 0. The van der Waals surface area contributed by atoms with Crippen molar-refractivity contribution in [2.45, 2.75) is 157 Å². The Kier molecular flexibility index (Phi) is 14.4. The van der Waals surface area contributed by atoms with Crippen LogP contribution in [-0.4, -0.2) is 30.6 Å². The third-order valence-corrected chi connectivity index (χ3v) is 7.43. The van der Waals surface area contributed by atoms with E-state index in [-0.39, 0.29) is 91.4 Å². The van der Waals surface area contributed by atoms with E-state index in [9.17, 15) is 0 Å². The molecule has 3 aromatic heterocycles. The zero-order chi connectivity index (χ0) is 31.0. The number of halogens is 3. The van der Waals surface area contributed by atoms with Gasteiger partial charge in [-0.25, -0.2) is 15.3 Å². The maximum Gasteiger partial charge on any atom is 4.00 e. The van der Waals surface area contributed by atoms with E-state index in [0.29, 0.717) is 0 Å². The first-order valence-corrected chi connectivity index (χ1v) is 14.8. The summed E-state index contributed by atoms with van der Waals surface area (Å²) >= 11 is 0. The number of aromatic amines is 3. The Bertz CT molecular complexity index is 1100. The van der Waals surface area contributed by atoms with Crippen molar-refractivity contribution in [1.29, 1.82) is 0 Å². The third-order valence-electron chi connectivity index (χ3n) is 7.43. The molecule has 0 saturated heterocycles. The van der Waals surface area contributed by atoms with Crippen LogP contribution in [0.2, 0.25) is 0 Å². The molecule has 3 rings (SSSR count). The van der Waals surface area contributed by atoms with Gasteiger partial charge in [-0.2, -0.15) is 0 Å². The largest absolute Gasteiger partial charge is 4.00 e. The Morgan fingerprint density at radius 3 is 0.682 bits per heavy atom. The molecule has 0 unspecified atom stereocenters. The molecule has 0 aliphatic heterocycles. The van der Waals surface area contributed by atoms with Crippen molar-refractivity contribution in [3.63, 3.8) is 0 Å². The molecule has 3 heterocycles. The van der Waals surface area contributed by atoms with Crippen LogP contribution in [-0.2, 0) is 54.2 Å². The van der Waals surface area contributed by atoms with Crippen LogP contribution in [0.5, 0.6) is 0 Å². The maximum absolute atomic E-state index is 5.05. The predicted molar refractivity (Wildman–Crippen MR) is 169 cm³/mol. The Morgan fingerprint density at radius 2 is 0.545 bits per heavy atom. The van der Waals surface area contributed by atoms with Crippen LogP contribution in [0.4, 0.5) is 0 Å². The summed E-state index contributed by atoms with van der Waals surface area (Å²) in [5.41, 5.74) is 9.04. The Labute approximate surface area is 301 Å². The van der Waals surface area contributed by atoms with Gasteiger partial charge in [0.05, 0.1) is 0 Å². The molecule has 3 N–H and O–H groups in total. The van der Waals surface area contributed by atoms with Gasteiger partial charge in [-0.1, -0.05) is 131 Å². The molecule has 0 saturated carbocycles. The second-order valence-corrected chi connectivity index (χ2v) is 17.8. The van der Waals surface area contributed by atoms with Crippen molar-refractivity contribution in [3.05, 3.63) is 56.8 Å². The average Bonchev–Trinajstić information content (AvgIpc) is 3.42. The fourth-order valence-electron chi connectivity index (χ4n) is 5.39. The van der Waals surface area contributed by atoms with E-state index in [1.54, 1.807) is 0 Å². The summed E-state index contributed by atoms with van der Waals surface area (Å²) in [5, 5.41) is 25.7. The van der Waals surface area contributed by atoms with E-state index in [1.807, 2.05) is 0 Å². The van der Waals surface area contributed by atoms with Crippen LogP contribution in [0.3, 0.4) is 0 Å². The average molecular weight is 704 g/mol. The normalized spacial score (nSPS) is 13.0. The molecular formula is C34H57Cl3N6Ti. The zero-order valence-corrected chi connectivity index (χ0v) is 34.3. The molecule has 0 spiro atoms. The first-order valence-electron chi connectivity index (χ1n) is 14.8. The van der Waals surface area contributed by atoms with Crippen molar-refractivity contribution < 1.29 is 58.9 Å². The molecule has 0 aromatic carbocycles. The quantitative estimate of drug-likeness (QED) is 0.258. The van der Waals surface area contributed by atoms with Gasteiger partial charge in [0.2, 0.25) is 0 Å². The molecule has 248 valence electrons. The molecule has 0 amide bonds. The summed E-state index contributed by atoms with van der Waals surface area (Å²) in [6.45, 7) is 40.7. The van der Waals surface area contributed by atoms with Gasteiger partial charge in [0.15, 0.2) is 0 Å². The molecule has 10 heteroatoms. The Balaban J connectivity index is 0. The van der Waals surface area contributed by atoms with Crippen LogP contribution < -0.4 is 37.2 Å². The van der Waals surface area contributed by atoms with E-state index in [0.717, 1.165) is 34.2 Å². The second kappa shape index (κ2) is 14.1.